The number of benzene rings is 1. The van der Waals surface area contributed by atoms with Crippen LogP contribution >= 0.6 is 0 Å². The van der Waals surface area contributed by atoms with Gasteiger partial charge in [0.05, 0.1) is 10.8 Å². The Labute approximate surface area is 98.8 Å². The minimum absolute atomic E-state index is 0.0297. The number of hydrogen-bond acceptors (Lipinski definition) is 2. The van der Waals surface area contributed by atoms with Crippen molar-refractivity contribution in [2.75, 3.05) is 0 Å². The summed E-state index contributed by atoms with van der Waals surface area (Å²) in [6.07, 6.45) is 0. The summed E-state index contributed by atoms with van der Waals surface area (Å²) in [7, 11) is -1.23. The monoisotopic (exact) mass is 236 g/mol. The minimum Gasteiger partial charge on any atom is -0.295 e. The zero-order valence-electron chi connectivity index (χ0n) is 10.0. The van der Waals surface area contributed by atoms with Crippen LogP contribution in [0.2, 0.25) is 0 Å². The second kappa shape index (κ2) is 5.21. The standard InChI is InChI=1S/C13H16O2S/c1-9-5-7-13(8-6-9)16(15)12(4)10(2)11(3)14/h5-8H,1-4H3/b12-10-. The number of aryl methyl sites for hydroxylation is 1. The van der Waals surface area contributed by atoms with Gasteiger partial charge in [-0.15, -0.1) is 0 Å². The molecule has 86 valence electrons. The summed E-state index contributed by atoms with van der Waals surface area (Å²) < 4.78 is 12.1. The van der Waals surface area contributed by atoms with E-state index >= 15 is 0 Å². The zero-order valence-corrected chi connectivity index (χ0v) is 10.9. The third kappa shape index (κ3) is 2.89. The molecule has 0 aliphatic rings. The van der Waals surface area contributed by atoms with Gasteiger partial charge in [0.15, 0.2) is 5.78 Å². The van der Waals surface area contributed by atoms with E-state index in [1.54, 1.807) is 13.8 Å². The molecule has 0 aromatic heterocycles. The quantitative estimate of drug-likeness (QED) is 0.756. The van der Waals surface area contributed by atoms with Crippen LogP contribution in [0, 0.1) is 6.92 Å². The van der Waals surface area contributed by atoms with Crippen LogP contribution in [0.3, 0.4) is 0 Å². The highest BCUT2D eigenvalue weighted by Gasteiger charge is 2.11. The van der Waals surface area contributed by atoms with Crippen LogP contribution in [0.5, 0.6) is 0 Å². The Balaban J connectivity index is 3.08. The predicted octanol–water partition coefficient (Wildman–Crippen LogP) is 2.99. The highest BCUT2D eigenvalue weighted by atomic mass is 32.2. The molecule has 16 heavy (non-hydrogen) atoms. The smallest absolute Gasteiger partial charge is 0.156 e. The Morgan fingerprint density at radius 3 is 2.00 bits per heavy atom. The van der Waals surface area contributed by atoms with Crippen molar-refractivity contribution in [2.24, 2.45) is 0 Å². The van der Waals surface area contributed by atoms with Gasteiger partial charge in [-0.05, 0) is 39.8 Å². The van der Waals surface area contributed by atoms with E-state index in [1.165, 1.54) is 6.92 Å². The van der Waals surface area contributed by atoms with Crippen LogP contribution in [0.15, 0.2) is 39.6 Å². The van der Waals surface area contributed by atoms with Crippen molar-refractivity contribution in [3.8, 4) is 0 Å². The molecule has 0 saturated heterocycles. The van der Waals surface area contributed by atoms with Gasteiger partial charge >= 0.3 is 0 Å². The lowest BCUT2D eigenvalue weighted by Gasteiger charge is -2.05. The summed E-state index contributed by atoms with van der Waals surface area (Å²) in [6, 6.07) is 7.51. The maximum Gasteiger partial charge on any atom is 0.156 e. The van der Waals surface area contributed by atoms with E-state index < -0.39 is 10.8 Å². The van der Waals surface area contributed by atoms with Crippen LogP contribution in [-0.4, -0.2) is 9.99 Å². The van der Waals surface area contributed by atoms with Gasteiger partial charge in [0.1, 0.15) is 0 Å². The van der Waals surface area contributed by atoms with Crippen LogP contribution in [-0.2, 0) is 15.6 Å². The average molecular weight is 236 g/mol. The van der Waals surface area contributed by atoms with Crippen molar-refractivity contribution >= 4 is 16.6 Å². The molecule has 0 fully saturated rings. The molecular weight excluding hydrogens is 220 g/mol. The fraction of sp³-hybridized carbons (Fsp3) is 0.308. The molecule has 0 amide bonds. The van der Waals surface area contributed by atoms with Gasteiger partial charge in [-0.3, -0.25) is 4.79 Å². The molecule has 3 heteroatoms. The van der Waals surface area contributed by atoms with E-state index in [0.29, 0.717) is 10.5 Å². The van der Waals surface area contributed by atoms with Crippen molar-refractivity contribution in [3.05, 3.63) is 40.3 Å². The van der Waals surface area contributed by atoms with Gasteiger partial charge in [-0.25, -0.2) is 4.21 Å². The SMILES string of the molecule is CC(=O)/C(C)=C(/C)S(=O)c1ccc(C)cc1. The maximum atomic E-state index is 12.1. The molecule has 1 aromatic rings. The molecule has 1 unspecified atom stereocenters. The first-order chi connectivity index (χ1) is 7.43. The van der Waals surface area contributed by atoms with Crippen molar-refractivity contribution in [1.29, 1.82) is 0 Å². The molecule has 0 aliphatic heterocycles. The number of allylic oxidation sites excluding steroid dienone is 2. The second-order valence-electron chi connectivity index (χ2n) is 3.82. The molecule has 0 bridgehead atoms. The predicted molar refractivity (Wildman–Crippen MR) is 66.6 cm³/mol. The molecule has 1 atom stereocenters. The van der Waals surface area contributed by atoms with Crippen LogP contribution in [0.4, 0.5) is 0 Å². The number of Topliss-reactive ketones (excluding diaryl/α,β-unsaturated/α-hetero) is 1. The Kier molecular flexibility index (Phi) is 4.19. The van der Waals surface area contributed by atoms with E-state index in [-0.39, 0.29) is 5.78 Å². The molecule has 0 aliphatic carbocycles. The Morgan fingerprint density at radius 1 is 1.06 bits per heavy atom. The molecule has 0 N–H and O–H groups in total. The van der Waals surface area contributed by atoms with Crippen LogP contribution in [0.25, 0.3) is 0 Å². The lowest BCUT2D eigenvalue weighted by molar-refractivity contribution is -0.113. The van der Waals surface area contributed by atoms with Gasteiger partial charge in [0.25, 0.3) is 0 Å². The normalized spacial score (nSPS) is 14.2. The number of ketones is 1. The molecule has 0 radical (unpaired) electrons. The number of hydrogen-bond donors (Lipinski definition) is 0. The third-order valence-corrected chi connectivity index (χ3v) is 4.13. The molecule has 1 rings (SSSR count). The zero-order chi connectivity index (χ0) is 12.3. The Bertz CT molecular complexity index is 455. The molecule has 1 aromatic carbocycles. The Hall–Kier alpha value is -1.22. The summed E-state index contributed by atoms with van der Waals surface area (Å²) in [4.78, 5) is 12.6. The van der Waals surface area contributed by atoms with Gasteiger partial charge < -0.3 is 0 Å². The third-order valence-electron chi connectivity index (χ3n) is 2.57. The topological polar surface area (TPSA) is 34.1 Å². The molecule has 0 heterocycles. The number of rotatable bonds is 3. The van der Waals surface area contributed by atoms with E-state index in [4.69, 9.17) is 0 Å². The van der Waals surface area contributed by atoms with E-state index in [0.717, 1.165) is 10.5 Å². The van der Waals surface area contributed by atoms with Gasteiger partial charge in [0.2, 0.25) is 0 Å². The van der Waals surface area contributed by atoms with Gasteiger partial charge in [-0.2, -0.15) is 0 Å². The first-order valence-corrected chi connectivity index (χ1v) is 6.25. The Morgan fingerprint density at radius 2 is 1.56 bits per heavy atom. The van der Waals surface area contributed by atoms with E-state index in [2.05, 4.69) is 0 Å². The van der Waals surface area contributed by atoms with Crippen molar-refractivity contribution in [3.63, 3.8) is 0 Å². The van der Waals surface area contributed by atoms with Crippen LogP contribution in [0.1, 0.15) is 26.3 Å². The highest BCUT2D eigenvalue weighted by Crippen LogP contribution is 2.18. The fourth-order valence-electron chi connectivity index (χ4n) is 1.23. The fourth-order valence-corrected chi connectivity index (χ4v) is 2.38. The summed E-state index contributed by atoms with van der Waals surface area (Å²) in [5, 5.41) is 0. The highest BCUT2D eigenvalue weighted by molar-refractivity contribution is 7.89. The lowest BCUT2D eigenvalue weighted by Crippen LogP contribution is -2.01. The van der Waals surface area contributed by atoms with E-state index in [1.807, 2.05) is 31.2 Å². The average Bonchev–Trinajstić information content (AvgIpc) is 2.27. The molecule has 0 spiro atoms. The maximum absolute atomic E-state index is 12.1. The first-order valence-electron chi connectivity index (χ1n) is 5.10. The van der Waals surface area contributed by atoms with Crippen LogP contribution < -0.4 is 0 Å². The first kappa shape index (κ1) is 12.8. The molecule has 2 nitrogen and oxygen atoms in total. The van der Waals surface area contributed by atoms with Gasteiger partial charge in [0, 0.05) is 15.4 Å². The van der Waals surface area contributed by atoms with E-state index in [9.17, 15) is 9.00 Å². The number of carbonyl (C=O) groups excluding carboxylic acids is 1. The summed E-state index contributed by atoms with van der Waals surface area (Å²) in [5.74, 6) is -0.0297. The summed E-state index contributed by atoms with van der Waals surface area (Å²) in [5.41, 5.74) is 1.71. The molecule has 0 saturated carbocycles. The summed E-state index contributed by atoms with van der Waals surface area (Å²) in [6.45, 7) is 6.93. The number of carbonyl (C=O) groups is 1. The minimum atomic E-state index is -1.23. The van der Waals surface area contributed by atoms with Crippen molar-refractivity contribution < 1.29 is 9.00 Å². The van der Waals surface area contributed by atoms with Crippen molar-refractivity contribution in [2.45, 2.75) is 32.6 Å². The van der Waals surface area contributed by atoms with Crippen molar-refractivity contribution in [1.82, 2.24) is 0 Å². The summed E-state index contributed by atoms with van der Waals surface area (Å²) >= 11 is 0. The van der Waals surface area contributed by atoms with Gasteiger partial charge in [-0.1, -0.05) is 17.7 Å². The second-order valence-corrected chi connectivity index (χ2v) is 5.44. The molecular formula is C13H16O2S. The lowest BCUT2D eigenvalue weighted by atomic mass is 10.2. The largest absolute Gasteiger partial charge is 0.295 e.